The van der Waals surface area contributed by atoms with Crippen LogP contribution >= 0.6 is 0 Å². The van der Waals surface area contributed by atoms with Crippen LogP contribution in [-0.4, -0.2) is 57.2 Å². The molecule has 1 aliphatic rings. The number of halogens is 2. The zero-order valence-electron chi connectivity index (χ0n) is 17.7. The van der Waals surface area contributed by atoms with Crippen molar-refractivity contribution in [2.45, 2.75) is 13.1 Å². The smallest absolute Gasteiger partial charge is 0.141 e. The molecule has 0 amide bonds. The van der Waals surface area contributed by atoms with Gasteiger partial charge < -0.3 is 9.53 Å². The first-order chi connectivity index (χ1) is 16.1. The molecule has 1 saturated heterocycles. The van der Waals surface area contributed by atoms with E-state index in [0.717, 1.165) is 6.29 Å². The maximum Gasteiger partial charge on any atom is 0.141 e. The predicted molar refractivity (Wildman–Crippen MR) is 118 cm³/mol. The Morgan fingerprint density at radius 1 is 1.06 bits per heavy atom. The van der Waals surface area contributed by atoms with E-state index in [9.17, 15) is 13.6 Å². The molecule has 0 spiro atoms. The molecule has 168 valence electrons. The monoisotopic (exact) mass is 449 g/mol. The number of aromatic nitrogens is 4. The molecule has 0 atom stereocenters. The quantitative estimate of drug-likeness (QED) is 0.420. The standard InChI is InChI=1S/C24H21F2N5O2/c25-20-10-16(11-21(26)19(20)15-30-5-8-33-9-6-30)18-2-1-3-22-24(18)29-23(13-27-22)17-12-28-31(14-17)4-7-32/h1-3,7,10-14H,4-6,8-9,15H2. The van der Waals surface area contributed by atoms with E-state index in [1.807, 2.05) is 4.90 Å². The Morgan fingerprint density at radius 3 is 2.61 bits per heavy atom. The minimum absolute atomic E-state index is 0.0512. The molecule has 9 heteroatoms. The van der Waals surface area contributed by atoms with E-state index < -0.39 is 11.6 Å². The summed E-state index contributed by atoms with van der Waals surface area (Å²) in [6, 6.07) is 8.05. The van der Waals surface area contributed by atoms with Crippen molar-refractivity contribution in [3.63, 3.8) is 0 Å². The van der Waals surface area contributed by atoms with Crippen LogP contribution in [0.5, 0.6) is 0 Å². The highest BCUT2D eigenvalue weighted by molar-refractivity contribution is 5.92. The maximum atomic E-state index is 15.0. The number of carbonyl (C=O) groups excluding carboxylic acids is 1. The first kappa shape index (κ1) is 21.3. The molecule has 2 aromatic heterocycles. The molecule has 0 unspecified atom stereocenters. The lowest BCUT2D eigenvalue weighted by molar-refractivity contribution is -0.108. The highest BCUT2D eigenvalue weighted by Crippen LogP contribution is 2.31. The number of benzene rings is 2. The largest absolute Gasteiger partial charge is 0.379 e. The predicted octanol–water partition coefficient (Wildman–Crippen LogP) is 3.47. The van der Waals surface area contributed by atoms with Gasteiger partial charge in [0.1, 0.15) is 17.9 Å². The fourth-order valence-corrected chi connectivity index (χ4v) is 3.97. The number of hydrogen-bond acceptors (Lipinski definition) is 6. The van der Waals surface area contributed by atoms with E-state index in [-0.39, 0.29) is 18.7 Å². The summed E-state index contributed by atoms with van der Waals surface area (Å²) in [5.41, 5.74) is 3.40. The zero-order chi connectivity index (χ0) is 22.8. The Bertz CT molecular complexity index is 1290. The van der Waals surface area contributed by atoms with Gasteiger partial charge >= 0.3 is 0 Å². The number of fused-ring (bicyclic) bond motifs is 1. The molecule has 4 aromatic rings. The van der Waals surface area contributed by atoms with Gasteiger partial charge in [-0.25, -0.2) is 13.8 Å². The lowest BCUT2D eigenvalue weighted by Gasteiger charge is -2.27. The van der Waals surface area contributed by atoms with Crippen LogP contribution in [0.3, 0.4) is 0 Å². The number of carbonyl (C=O) groups is 1. The number of nitrogens with zero attached hydrogens (tertiary/aromatic N) is 5. The maximum absolute atomic E-state index is 15.0. The topological polar surface area (TPSA) is 73.1 Å². The molecule has 2 aromatic carbocycles. The Hall–Kier alpha value is -3.56. The summed E-state index contributed by atoms with van der Waals surface area (Å²) in [7, 11) is 0. The number of hydrogen-bond donors (Lipinski definition) is 0. The first-order valence-electron chi connectivity index (χ1n) is 10.6. The molecule has 0 saturated carbocycles. The molecule has 1 fully saturated rings. The van der Waals surface area contributed by atoms with Crippen LogP contribution in [0.1, 0.15) is 5.56 Å². The molecule has 5 rings (SSSR count). The molecule has 0 aliphatic carbocycles. The lowest BCUT2D eigenvalue weighted by Crippen LogP contribution is -2.36. The van der Waals surface area contributed by atoms with Crippen LogP contribution in [0.2, 0.25) is 0 Å². The van der Waals surface area contributed by atoms with E-state index in [0.29, 0.717) is 59.7 Å². The van der Waals surface area contributed by atoms with Crippen molar-refractivity contribution < 1.29 is 18.3 Å². The van der Waals surface area contributed by atoms with Gasteiger partial charge in [0.15, 0.2) is 0 Å². The van der Waals surface area contributed by atoms with E-state index in [4.69, 9.17) is 9.72 Å². The second kappa shape index (κ2) is 9.13. The van der Waals surface area contributed by atoms with Crippen molar-refractivity contribution in [2.24, 2.45) is 0 Å². The molecule has 1 aliphatic heterocycles. The van der Waals surface area contributed by atoms with Gasteiger partial charge in [0.2, 0.25) is 0 Å². The summed E-state index contributed by atoms with van der Waals surface area (Å²) in [6.07, 6.45) is 5.67. The average molecular weight is 449 g/mol. The summed E-state index contributed by atoms with van der Waals surface area (Å²) in [5.74, 6) is -1.18. The van der Waals surface area contributed by atoms with Gasteiger partial charge in [0, 0.05) is 42.5 Å². The molecule has 0 N–H and O–H groups in total. The molecule has 33 heavy (non-hydrogen) atoms. The van der Waals surface area contributed by atoms with E-state index in [1.54, 1.807) is 36.8 Å². The van der Waals surface area contributed by atoms with Gasteiger partial charge in [0.25, 0.3) is 0 Å². The summed E-state index contributed by atoms with van der Waals surface area (Å²) < 4.78 is 36.8. The Balaban J connectivity index is 1.52. The third-order valence-corrected chi connectivity index (χ3v) is 5.70. The first-order valence-corrected chi connectivity index (χ1v) is 10.6. The second-order valence-corrected chi connectivity index (χ2v) is 7.85. The molecule has 3 heterocycles. The third-order valence-electron chi connectivity index (χ3n) is 5.70. The zero-order valence-corrected chi connectivity index (χ0v) is 17.7. The molecular formula is C24H21F2N5O2. The van der Waals surface area contributed by atoms with Crippen molar-refractivity contribution in [1.82, 2.24) is 24.6 Å². The number of morpholine rings is 1. The van der Waals surface area contributed by atoms with E-state index >= 15 is 0 Å². The lowest BCUT2D eigenvalue weighted by atomic mass is 10.0. The van der Waals surface area contributed by atoms with Gasteiger partial charge in [-0.05, 0) is 23.8 Å². The van der Waals surface area contributed by atoms with Gasteiger partial charge in [0.05, 0.1) is 48.9 Å². The van der Waals surface area contributed by atoms with Crippen LogP contribution < -0.4 is 0 Å². The molecule has 0 radical (unpaired) electrons. The number of rotatable bonds is 6. The summed E-state index contributed by atoms with van der Waals surface area (Å²) in [4.78, 5) is 21.9. The minimum Gasteiger partial charge on any atom is -0.379 e. The summed E-state index contributed by atoms with van der Waals surface area (Å²) >= 11 is 0. The Labute approximate surface area is 188 Å². The Kier molecular flexibility index (Phi) is 5.89. The third kappa shape index (κ3) is 4.37. The van der Waals surface area contributed by atoms with Crippen molar-refractivity contribution >= 4 is 17.3 Å². The van der Waals surface area contributed by atoms with E-state index in [1.165, 1.54) is 16.8 Å². The molecule has 7 nitrogen and oxygen atoms in total. The highest BCUT2D eigenvalue weighted by Gasteiger charge is 2.19. The van der Waals surface area contributed by atoms with Crippen LogP contribution in [0.4, 0.5) is 8.78 Å². The molecular weight excluding hydrogens is 428 g/mol. The van der Waals surface area contributed by atoms with Gasteiger partial charge in [-0.3, -0.25) is 14.6 Å². The van der Waals surface area contributed by atoms with Crippen LogP contribution in [0, 0.1) is 11.6 Å². The normalized spacial score (nSPS) is 14.6. The average Bonchev–Trinajstić information content (AvgIpc) is 3.30. The van der Waals surface area contributed by atoms with Gasteiger partial charge in [-0.15, -0.1) is 0 Å². The van der Waals surface area contributed by atoms with Crippen molar-refractivity contribution in [2.75, 3.05) is 26.3 Å². The van der Waals surface area contributed by atoms with E-state index in [2.05, 4.69) is 10.1 Å². The van der Waals surface area contributed by atoms with Gasteiger partial charge in [-0.1, -0.05) is 12.1 Å². The fourth-order valence-electron chi connectivity index (χ4n) is 3.97. The second-order valence-electron chi connectivity index (χ2n) is 7.85. The minimum atomic E-state index is -0.590. The number of para-hydroxylation sites is 1. The highest BCUT2D eigenvalue weighted by atomic mass is 19.1. The van der Waals surface area contributed by atoms with Gasteiger partial charge in [-0.2, -0.15) is 5.10 Å². The summed E-state index contributed by atoms with van der Waals surface area (Å²) in [6.45, 7) is 2.75. The molecule has 0 bridgehead atoms. The fraction of sp³-hybridized carbons (Fsp3) is 0.250. The van der Waals surface area contributed by atoms with Crippen molar-refractivity contribution in [3.05, 3.63) is 66.1 Å². The van der Waals surface area contributed by atoms with Crippen LogP contribution in [0.25, 0.3) is 33.4 Å². The SMILES string of the molecule is O=CCn1cc(-c2cnc3cccc(-c4cc(F)c(CN5CCOCC5)c(F)c4)c3n2)cn1. The van der Waals surface area contributed by atoms with Crippen LogP contribution in [-0.2, 0) is 22.6 Å². The van der Waals surface area contributed by atoms with Crippen molar-refractivity contribution in [1.29, 1.82) is 0 Å². The van der Waals surface area contributed by atoms with Crippen LogP contribution in [0.15, 0.2) is 48.9 Å². The Morgan fingerprint density at radius 2 is 1.85 bits per heavy atom. The number of ether oxygens (including phenoxy) is 1. The van der Waals surface area contributed by atoms with Crippen molar-refractivity contribution in [3.8, 4) is 22.4 Å². The number of aldehydes is 1. The summed E-state index contributed by atoms with van der Waals surface area (Å²) in [5, 5.41) is 4.13.